The molecule has 0 radical (unpaired) electrons. The third kappa shape index (κ3) is 2.78. The van der Waals surface area contributed by atoms with E-state index in [1.54, 1.807) is 18.4 Å². The Morgan fingerprint density at radius 2 is 2.27 bits per heavy atom. The zero-order valence-corrected chi connectivity index (χ0v) is 10.7. The van der Waals surface area contributed by atoms with Crippen LogP contribution in [0.3, 0.4) is 0 Å². The third-order valence-corrected chi connectivity index (χ3v) is 3.82. The van der Waals surface area contributed by atoms with Gasteiger partial charge in [-0.05, 0) is 30.4 Å². The minimum Gasteiger partial charge on any atom is -0.326 e. The predicted octanol–water partition coefficient (Wildman–Crippen LogP) is 2.33. The Labute approximate surface area is 95.8 Å². The SMILES string of the molecule is CCC(N)C(c1sccc1C)N(C)OC. The van der Waals surface area contributed by atoms with Gasteiger partial charge in [-0.15, -0.1) is 11.3 Å². The first-order chi connectivity index (χ1) is 7.11. The second kappa shape index (κ2) is 5.61. The molecule has 86 valence electrons. The fourth-order valence-corrected chi connectivity index (χ4v) is 2.79. The van der Waals surface area contributed by atoms with E-state index in [0.29, 0.717) is 0 Å². The number of aryl methyl sites for hydroxylation is 1. The van der Waals surface area contributed by atoms with Crippen molar-refractivity contribution >= 4 is 11.3 Å². The lowest BCUT2D eigenvalue weighted by Gasteiger charge is -2.30. The average molecular weight is 228 g/mol. The molecular formula is C11H20N2OS. The van der Waals surface area contributed by atoms with Crippen molar-refractivity contribution < 1.29 is 4.84 Å². The van der Waals surface area contributed by atoms with E-state index >= 15 is 0 Å². The van der Waals surface area contributed by atoms with E-state index in [1.165, 1.54) is 10.4 Å². The Morgan fingerprint density at radius 1 is 1.60 bits per heavy atom. The van der Waals surface area contributed by atoms with E-state index in [2.05, 4.69) is 25.3 Å². The summed E-state index contributed by atoms with van der Waals surface area (Å²) in [6.45, 7) is 4.22. The molecule has 4 heteroatoms. The molecule has 0 spiro atoms. The van der Waals surface area contributed by atoms with Gasteiger partial charge in [0.2, 0.25) is 0 Å². The second-order valence-electron chi connectivity index (χ2n) is 3.71. The molecule has 2 atom stereocenters. The van der Waals surface area contributed by atoms with E-state index < -0.39 is 0 Å². The number of nitrogens with zero attached hydrogens (tertiary/aromatic N) is 1. The highest BCUT2D eigenvalue weighted by Gasteiger charge is 2.25. The van der Waals surface area contributed by atoms with Crippen LogP contribution >= 0.6 is 11.3 Å². The normalized spacial score (nSPS) is 15.6. The van der Waals surface area contributed by atoms with Crippen LogP contribution in [-0.2, 0) is 4.84 Å². The maximum absolute atomic E-state index is 6.14. The van der Waals surface area contributed by atoms with Crippen molar-refractivity contribution in [3.05, 3.63) is 21.9 Å². The molecule has 2 N–H and O–H groups in total. The van der Waals surface area contributed by atoms with Gasteiger partial charge in [0.25, 0.3) is 0 Å². The molecular weight excluding hydrogens is 208 g/mol. The second-order valence-corrected chi connectivity index (χ2v) is 4.66. The molecule has 1 rings (SSSR count). The van der Waals surface area contributed by atoms with Crippen molar-refractivity contribution in [1.82, 2.24) is 5.06 Å². The van der Waals surface area contributed by atoms with Gasteiger partial charge >= 0.3 is 0 Å². The number of rotatable bonds is 5. The number of nitrogens with two attached hydrogens (primary N) is 1. The van der Waals surface area contributed by atoms with Crippen LogP contribution in [-0.4, -0.2) is 25.3 Å². The topological polar surface area (TPSA) is 38.5 Å². The average Bonchev–Trinajstić information content (AvgIpc) is 2.64. The summed E-state index contributed by atoms with van der Waals surface area (Å²) < 4.78 is 0. The molecule has 15 heavy (non-hydrogen) atoms. The van der Waals surface area contributed by atoms with Gasteiger partial charge in [-0.1, -0.05) is 6.92 Å². The predicted molar refractivity (Wildman–Crippen MR) is 64.8 cm³/mol. The highest BCUT2D eigenvalue weighted by molar-refractivity contribution is 7.10. The van der Waals surface area contributed by atoms with Crippen LogP contribution in [0.2, 0.25) is 0 Å². The van der Waals surface area contributed by atoms with Gasteiger partial charge in [-0.3, -0.25) is 0 Å². The Kier molecular flexibility index (Phi) is 4.73. The molecule has 2 unspecified atom stereocenters. The Bertz CT molecular complexity index is 291. The lowest BCUT2D eigenvalue weighted by Crippen LogP contribution is -2.38. The van der Waals surface area contributed by atoms with E-state index in [0.717, 1.165) is 6.42 Å². The molecule has 1 aromatic heterocycles. The summed E-state index contributed by atoms with van der Waals surface area (Å²) in [5.74, 6) is 0. The van der Waals surface area contributed by atoms with Gasteiger partial charge in [0.05, 0.1) is 13.2 Å². The van der Waals surface area contributed by atoms with Crippen LogP contribution in [0.4, 0.5) is 0 Å². The molecule has 0 aromatic carbocycles. The quantitative estimate of drug-likeness (QED) is 0.786. The van der Waals surface area contributed by atoms with Crippen LogP contribution in [0.1, 0.15) is 29.8 Å². The van der Waals surface area contributed by atoms with E-state index in [-0.39, 0.29) is 12.1 Å². The minimum absolute atomic E-state index is 0.104. The summed E-state index contributed by atoms with van der Waals surface area (Å²) in [6, 6.07) is 2.38. The fourth-order valence-electron chi connectivity index (χ4n) is 1.65. The van der Waals surface area contributed by atoms with Crippen LogP contribution in [0.15, 0.2) is 11.4 Å². The molecule has 1 heterocycles. The van der Waals surface area contributed by atoms with Crippen molar-refractivity contribution in [2.45, 2.75) is 32.4 Å². The standard InChI is InChI=1S/C11H20N2OS/c1-5-9(12)10(13(3)14-4)11-8(2)6-7-15-11/h6-7,9-10H,5,12H2,1-4H3. The summed E-state index contributed by atoms with van der Waals surface area (Å²) in [5.41, 5.74) is 7.43. The first-order valence-corrected chi connectivity index (χ1v) is 6.06. The number of hydrogen-bond acceptors (Lipinski definition) is 4. The molecule has 0 aliphatic carbocycles. The maximum atomic E-state index is 6.14. The summed E-state index contributed by atoms with van der Waals surface area (Å²) in [6.07, 6.45) is 0.940. The van der Waals surface area contributed by atoms with Gasteiger partial charge in [-0.25, -0.2) is 0 Å². The third-order valence-electron chi connectivity index (χ3n) is 2.73. The van der Waals surface area contributed by atoms with E-state index in [1.807, 2.05) is 12.1 Å². The Hall–Kier alpha value is -0.420. The van der Waals surface area contributed by atoms with Gasteiger partial charge < -0.3 is 10.6 Å². The van der Waals surface area contributed by atoms with Gasteiger partial charge in [0.1, 0.15) is 0 Å². The number of thiophene rings is 1. The zero-order chi connectivity index (χ0) is 11.4. The van der Waals surface area contributed by atoms with Crippen molar-refractivity contribution in [3.8, 4) is 0 Å². The number of hydrogen-bond donors (Lipinski definition) is 1. The Balaban J connectivity index is 2.96. The van der Waals surface area contributed by atoms with E-state index in [4.69, 9.17) is 10.6 Å². The monoisotopic (exact) mass is 228 g/mol. The van der Waals surface area contributed by atoms with Crippen LogP contribution < -0.4 is 5.73 Å². The lowest BCUT2D eigenvalue weighted by atomic mass is 10.0. The lowest BCUT2D eigenvalue weighted by molar-refractivity contribution is -0.147. The summed E-state index contributed by atoms with van der Waals surface area (Å²) >= 11 is 1.74. The number of likely N-dealkylation sites (N-methyl/N-ethyl adjacent to an activating group) is 1. The smallest absolute Gasteiger partial charge is 0.0844 e. The van der Waals surface area contributed by atoms with Crippen molar-refractivity contribution in [2.75, 3.05) is 14.2 Å². The zero-order valence-electron chi connectivity index (χ0n) is 9.86. The first kappa shape index (κ1) is 12.6. The van der Waals surface area contributed by atoms with E-state index in [9.17, 15) is 0 Å². The van der Waals surface area contributed by atoms with Crippen LogP contribution in [0.5, 0.6) is 0 Å². The molecule has 0 aliphatic heterocycles. The molecule has 0 aliphatic rings. The van der Waals surface area contributed by atoms with Gasteiger partial charge in [-0.2, -0.15) is 5.06 Å². The molecule has 0 saturated carbocycles. The Morgan fingerprint density at radius 3 is 2.67 bits per heavy atom. The number of hydroxylamine groups is 2. The van der Waals surface area contributed by atoms with Crippen molar-refractivity contribution in [2.24, 2.45) is 5.73 Å². The first-order valence-electron chi connectivity index (χ1n) is 5.18. The molecule has 0 amide bonds. The van der Waals surface area contributed by atoms with Crippen LogP contribution in [0.25, 0.3) is 0 Å². The summed E-state index contributed by atoms with van der Waals surface area (Å²) in [7, 11) is 3.61. The highest BCUT2D eigenvalue weighted by Crippen LogP contribution is 2.30. The van der Waals surface area contributed by atoms with Gasteiger partial charge in [0.15, 0.2) is 0 Å². The minimum atomic E-state index is 0.104. The summed E-state index contributed by atoms with van der Waals surface area (Å²) in [5, 5.41) is 3.94. The summed E-state index contributed by atoms with van der Waals surface area (Å²) in [4.78, 5) is 6.57. The van der Waals surface area contributed by atoms with Crippen molar-refractivity contribution in [3.63, 3.8) is 0 Å². The molecule has 3 nitrogen and oxygen atoms in total. The molecule has 1 aromatic rings. The van der Waals surface area contributed by atoms with Gasteiger partial charge in [0, 0.05) is 18.0 Å². The fraction of sp³-hybridized carbons (Fsp3) is 0.636. The van der Waals surface area contributed by atoms with Crippen molar-refractivity contribution in [1.29, 1.82) is 0 Å². The molecule has 0 bridgehead atoms. The van der Waals surface area contributed by atoms with Crippen LogP contribution in [0, 0.1) is 6.92 Å². The largest absolute Gasteiger partial charge is 0.326 e. The molecule has 0 saturated heterocycles. The highest BCUT2D eigenvalue weighted by atomic mass is 32.1. The molecule has 0 fully saturated rings. The maximum Gasteiger partial charge on any atom is 0.0844 e.